The van der Waals surface area contributed by atoms with Gasteiger partial charge in [-0.2, -0.15) is 0 Å². The van der Waals surface area contributed by atoms with E-state index in [2.05, 4.69) is 61.5 Å². The summed E-state index contributed by atoms with van der Waals surface area (Å²) in [6.45, 7) is 2.18. The van der Waals surface area contributed by atoms with Crippen molar-refractivity contribution in [2.24, 2.45) is 0 Å². The van der Waals surface area contributed by atoms with E-state index < -0.39 is 0 Å². The maximum Gasteiger partial charge on any atom is -0.0236 e. The molecular formula is C15H18O. The number of hydrogen-bond acceptors (Lipinski definition) is 0. The van der Waals surface area contributed by atoms with Crippen LogP contribution in [0.3, 0.4) is 0 Å². The minimum absolute atomic E-state index is 0. The van der Waals surface area contributed by atoms with Gasteiger partial charge in [0.15, 0.2) is 0 Å². The molecule has 0 saturated carbocycles. The van der Waals surface area contributed by atoms with E-state index in [1.807, 2.05) is 0 Å². The molecule has 2 rings (SSSR count). The van der Waals surface area contributed by atoms with Crippen molar-refractivity contribution in [1.82, 2.24) is 0 Å². The molecule has 1 heteroatoms. The Hall–Kier alpha value is -1.60. The molecule has 2 aromatic carbocycles. The number of aryl methyl sites for hydroxylation is 3. The molecule has 2 aromatic rings. The fourth-order valence-electron chi connectivity index (χ4n) is 1.81. The fraction of sp³-hybridized carbons (Fsp3) is 0.200. The van der Waals surface area contributed by atoms with E-state index >= 15 is 0 Å². The van der Waals surface area contributed by atoms with Crippen molar-refractivity contribution in [3.05, 3.63) is 71.3 Å². The van der Waals surface area contributed by atoms with Gasteiger partial charge in [0, 0.05) is 0 Å². The summed E-state index contributed by atoms with van der Waals surface area (Å²) in [6.07, 6.45) is 2.27. The zero-order valence-electron chi connectivity index (χ0n) is 9.61. The van der Waals surface area contributed by atoms with E-state index in [1.54, 1.807) is 0 Å². The van der Waals surface area contributed by atoms with Crippen LogP contribution in [-0.2, 0) is 12.8 Å². The average Bonchev–Trinajstić information content (AvgIpc) is 2.29. The Kier molecular flexibility index (Phi) is 4.74. The van der Waals surface area contributed by atoms with Crippen LogP contribution in [0.5, 0.6) is 0 Å². The number of benzene rings is 2. The molecule has 0 fully saturated rings. The summed E-state index contributed by atoms with van der Waals surface area (Å²) in [5.74, 6) is 0. The second-order valence-electron chi connectivity index (χ2n) is 3.91. The summed E-state index contributed by atoms with van der Waals surface area (Å²) in [5.41, 5.74) is 4.27. The van der Waals surface area contributed by atoms with Gasteiger partial charge in [-0.25, -0.2) is 0 Å². The van der Waals surface area contributed by atoms with Crippen LogP contribution in [0, 0.1) is 6.92 Å². The zero-order valence-corrected chi connectivity index (χ0v) is 9.61. The van der Waals surface area contributed by atoms with Gasteiger partial charge in [0.05, 0.1) is 0 Å². The maximum absolute atomic E-state index is 2.22. The van der Waals surface area contributed by atoms with Gasteiger partial charge in [0.25, 0.3) is 0 Å². The van der Waals surface area contributed by atoms with Gasteiger partial charge in [0.1, 0.15) is 0 Å². The predicted molar refractivity (Wildman–Crippen MR) is 68.6 cm³/mol. The minimum Gasteiger partial charge on any atom is -0.412 e. The van der Waals surface area contributed by atoms with Crippen molar-refractivity contribution < 1.29 is 5.48 Å². The molecule has 1 nitrogen and oxygen atoms in total. The summed E-state index contributed by atoms with van der Waals surface area (Å²) in [4.78, 5) is 0. The van der Waals surface area contributed by atoms with Crippen LogP contribution < -0.4 is 0 Å². The SMILES string of the molecule is Cc1ccccc1CCc1ccccc1.O. The maximum atomic E-state index is 2.22. The molecular weight excluding hydrogens is 196 g/mol. The highest BCUT2D eigenvalue weighted by atomic mass is 16.0. The molecule has 0 spiro atoms. The Bertz CT molecular complexity index is 420. The van der Waals surface area contributed by atoms with Gasteiger partial charge in [-0.15, -0.1) is 0 Å². The third-order valence-electron chi connectivity index (χ3n) is 2.79. The molecule has 0 atom stereocenters. The summed E-state index contributed by atoms with van der Waals surface area (Å²) >= 11 is 0. The zero-order chi connectivity index (χ0) is 10.5. The van der Waals surface area contributed by atoms with E-state index in [-0.39, 0.29) is 5.48 Å². The second kappa shape index (κ2) is 6.09. The highest BCUT2D eigenvalue weighted by molar-refractivity contribution is 5.27. The quantitative estimate of drug-likeness (QED) is 0.752. The average molecular weight is 214 g/mol. The molecule has 0 unspecified atom stereocenters. The van der Waals surface area contributed by atoms with Crippen molar-refractivity contribution >= 4 is 0 Å². The molecule has 0 bridgehead atoms. The lowest BCUT2D eigenvalue weighted by Crippen LogP contribution is -1.93. The molecule has 0 saturated heterocycles. The predicted octanol–water partition coefficient (Wildman–Crippen LogP) is 2.96. The Labute approximate surface area is 97.1 Å². The minimum atomic E-state index is 0. The first kappa shape index (κ1) is 12.5. The van der Waals surface area contributed by atoms with Crippen LogP contribution >= 0.6 is 0 Å². The summed E-state index contributed by atoms with van der Waals surface area (Å²) in [6, 6.07) is 19.3. The molecule has 0 radical (unpaired) electrons. The Morgan fingerprint density at radius 2 is 1.38 bits per heavy atom. The molecule has 84 valence electrons. The smallest absolute Gasteiger partial charge is 0.0236 e. The van der Waals surface area contributed by atoms with Crippen molar-refractivity contribution in [1.29, 1.82) is 0 Å². The van der Waals surface area contributed by atoms with Crippen LogP contribution in [0.15, 0.2) is 54.6 Å². The van der Waals surface area contributed by atoms with Crippen molar-refractivity contribution in [3.8, 4) is 0 Å². The van der Waals surface area contributed by atoms with Gasteiger partial charge < -0.3 is 5.48 Å². The Morgan fingerprint density at radius 1 is 0.750 bits per heavy atom. The molecule has 0 aliphatic rings. The summed E-state index contributed by atoms with van der Waals surface area (Å²) in [5, 5.41) is 0. The highest BCUT2D eigenvalue weighted by Crippen LogP contribution is 2.11. The first-order valence-electron chi connectivity index (χ1n) is 5.45. The molecule has 16 heavy (non-hydrogen) atoms. The molecule has 0 amide bonds. The largest absolute Gasteiger partial charge is 0.412 e. The van der Waals surface area contributed by atoms with E-state index in [1.165, 1.54) is 16.7 Å². The molecule has 2 N–H and O–H groups in total. The lowest BCUT2D eigenvalue weighted by molar-refractivity contribution is 0.824. The van der Waals surface area contributed by atoms with E-state index in [9.17, 15) is 0 Å². The van der Waals surface area contributed by atoms with Gasteiger partial charge in [-0.1, -0.05) is 54.6 Å². The van der Waals surface area contributed by atoms with Crippen LogP contribution in [-0.4, -0.2) is 5.48 Å². The molecule has 0 heterocycles. The normalized spacial score (nSPS) is 9.56. The van der Waals surface area contributed by atoms with Crippen molar-refractivity contribution in [2.45, 2.75) is 19.8 Å². The standard InChI is InChI=1S/C15H16.H2O/c1-13-7-5-6-10-15(13)12-11-14-8-3-2-4-9-14;/h2-10H,11-12H2,1H3;1H2. The van der Waals surface area contributed by atoms with Crippen LogP contribution in [0.2, 0.25) is 0 Å². The molecule has 0 aliphatic carbocycles. The van der Waals surface area contributed by atoms with Gasteiger partial charge >= 0.3 is 0 Å². The Morgan fingerprint density at radius 3 is 2.06 bits per heavy atom. The van der Waals surface area contributed by atoms with E-state index in [4.69, 9.17) is 0 Å². The van der Waals surface area contributed by atoms with E-state index in [0.29, 0.717) is 0 Å². The molecule has 0 aromatic heterocycles. The second-order valence-corrected chi connectivity index (χ2v) is 3.91. The van der Waals surface area contributed by atoms with Gasteiger partial charge in [-0.3, -0.25) is 0 Å². The topological polar surface area (TPSA) is 31.5 Å². The van der Waals surface area contributed by atoms with E-state index in [0.717, 1.165) is 12.8 Å². The van der Waals surface area contributed by atoms with Gasteiger partial charge in [-0.05, 0) is 36.5 Å². The van der Waals surface area contributed by atoms with Crippen molar-refractivity contribution in [2.75, 3.05) is 0 Å². The lowest BCUT2D eigenvalue weighted by Gasteiger charge is -2.05. The van der Waals surface area contributed by atoms with Crippen LogP contribution in [0.4, 0.5) is 0 Å². The lowest BCUT2D eigenvalue weighted by atomic mass is 10.0. The first-order valence-corrected chi connectivity index (χ1v) is 5.45. The third-order valence-corrected chi connectivity index (χ3v) is 2.79. The first-order chi connectivity index (χ1) is 7.36. The van der Waals surface area contributed by atoms with Crippen molar-refractivity contribution in [3.63, 3.8) is 0 Å². The molecule has 0 aliphatic heterocycles. The highest BCUT2D eigenvalue weighted by Gasteiger charge is 1.97. The Balaban J connectivity index is 0.00000128. The fourth-order valence-corrected chi connectivity index (χ4v) is 1.81. The number of hydrogen-bond donors (Lipinski definition) is 0. The van der Waals surface area contributed by atoms with Crippen LogP contribution in [0.1, 0.15) is 16.7 Å². The summed E-state index contributed by atoms with van der Waals surface area (Å²) in [7, 11) is 0. The monoisotopic (exact) mass is 214 g/mol. The number of rotatable bonds is 3. The van der Waals surface area contributed by atoms with Gasteiger partial charge in [0.2, 0.25) is 0 Å². The van der Waals surface area contributed by atoms with Crippen LogP contribution in [0.25, 0.3) is 0 Å². The third kappa shape index (κ3) is 3.21. The summed E-state index contributed by atoms with van der Waals surface area (Å²) < 4.78 is 0.